The van der Waals surface area contributed by atoms with Crippen molar-refractivity contribution in [2.45, 2.75) is 18.0 Å². The molecular formula is C5H11O8P. The Bertz CT molecular complexity index is 250. The molecule has 0 amide bonds. The van der Waals surface area contributed by atoms with Crippen LogP contribution < -0.4 is 0 Å². The molecule has 8 nitrogen and oxygen atoms in total. The van der Waals surface area contributed by atoms with Crippen molar-refractivity contribution in [2.75, 3.05) is 13.2 Å². The highest BCUT2D eigenvalue weighted by molar-refractivity contribution is 7.46. The van der Waals surface area contributed by atoms with Gasteiger partial charge in [0.2, 0.25) is 5.79 Å². The summed E-state index contributed by atoms with van der Waals surface area (Å²) in [7, 11) is -4.96. The second-order valence-corrected chi connectivity index (χ2v) is 4.12. The van der Waals surface area contributed by atoms with E-state index in [1.165, 1.54) is 0 Å². The quantitative estimate of drug-likeness (QED) is 0.260. The Labute approximate surface area is 78.9 Å². The van der Waals surface area contributed by atoms with Gasteiger partial charge in [0.1, 0.15) is 18.8 Å². The number of ether oxygens (including phenoxy) is 1. The molecule has 0 aromatic rings. The third-order valence-electron chi connectivity index (χ3n) is 1.70. The maximum absolute atomic E-state index is 10.4. The Kier molecular flexibility index (Phi) is 3.30. The minimum Gasteiger partial charge on any atom is -0.388 e. The summed E-state index contributed by atoms with van der Waals surface area (Å²) in [6.07, 6.45) is -3.29. The van der Waals surface area contributed by atoms with E-state index in [2.05, 4.69) is 9.26 Å². The first-order valence-corrected chi connectivity index (χ1v) is 5.20. The molecule has 1 aliphatic rings. The van der Waals surface area contributed by atoms with Crippen LogP contribution in [-0.2, 0) is 13.8 Å². The largest absolute Gasteiger partial charge is 0.472 e. The highest BCUT2D eigenvalue weighted by atomic mass is 31.2. The average Bonchev–Trinajstić information content (AvgIpc) is 1.97. The van der Waals surface area contributed by atoms with Gasteiger partial charge < -0.3 is 29.8 Å². The van der Waals surface area contributed by atoms with Gasteiger partial charge >= 0.3 is 7.82 Å². The van der Waals surface area contributed by atoms with Crippen molar-refractivity contribution in [3.63, 3.8) is 0 Å². The minimum absolute atomic E-state index is 0.242. The summed E-state index contributed by atoms with van der Waals surface area (Å²) in [5, 5.41) is 27.7. The van der Waals surface area contributed by atoms with Gasteiger partial charge in [-0.15, -0.1) is 0 Å². The molecule has 0 spiro atoms. The SMILES string of the molecule is O=P(O)(O)O[C@]1(O)COC[C@@H](O)[C@@H]1O. The Balaban J connectivity index is 2.76. The molecule has 0 bridgehead atoms. The van der Waals surface area contributed by atoms with E-state index in [1.807, 2.05) is 0 Å². The van der Waals surface area contributed by atoms with E-state index in [-0.39, 0.29) is 6.61 Å². The van der Waals surface area contributed by atoms with Gasteiger partial charge in [-0.05, 0) is 0 Å². The molecule has 1 heterocycles. The average molecular weight is 230 g/mol. The number of phosphoric acid groups is 1. The third-order valence-corrected chi connectivity index (χ3v) is 2.26. The zero-order valence-corrected chi connectivity index (χ0v) is 7.87. The molecule has 0 aromatic carbocycles. The van der Waals surface area contributed by atoms with E-state index in [4.69, 9.17) is 14.9 Å². The first-order valence-electron chi connectivity index (χ1n) is 3.67. The normalized spacial score (nSPS) is 39.8. The van der Waals surface area contributed by atoms with Crippen molar-refractivity contribution >= 4 is 7.82 Å². The van der Waals surface area contributed by atoms with Gasteiger partial charge in [0, 0.05) is 0 Å². The molecular weight excluding hydrogens is 219 g/mol. The first-order chi connectivity index (χ1) is 6.25. The lowest BCUT2D eigenvalue weighted by Gasteiger charge is -2.38. The van der Waals surface area contributed by atoms with Crippen LogP contribution >= 0.6 is 7.82 Å². The molecule has 5 N–H and O–H groups in total. The predicted octanol–water partition coefficient (Wildman–Crippen LogP) is -2.46. The van der Waals surface area contributed by atoms with Gasteiger partial charge in [-0.3, -0.25) is 0 Å². The summed E-state index contributed by atoms with van der Waals surface area (Å²) in [6, 6.07) is 0. The summed E-state index contributed by atoms with van der Waals surface area (Å²) in [4.78, 5) is 16.8. The van der Waals surface area contributed by atoms with E-state index in [1.54, 1.807) is 0 Å². The fourth-order valence-electron chi connectivity index (χ4n) is 1.09. The maximum Gasteiger partial charge on any atom is 0.472 e. The van der Waals surface area contributed by atoms with E-state index < -0.39 is 32.4 Å². The van der Waals surface area contributed by atoms with E-state index in [9.17, 15) is 14.8 Å². The van der Waals surface area contributed by atoms with Gasteiger partial charge in [-0.25, -0.2) is 9.09 Å². The van der Waals surface area contributed by atoms with Crippen LogP contribution in [0.3, 0.4) is 0 Å². The van der Waals surface area contributed by atoms with Crippen LogP contribution in [0, 0.1) is 0 Å². The van der Waals surface area contributed by atoms with Gasteiger partial charge in [0.15, 0.2) is 0 Å². The van der Waals surface area contributed by atoms with Crippen LogP contribution in [0.25, 0.3) is 0 Å². The molecule has 1 aliphatic heterocycles. The van der Waals surface area contributed by atoms with Crippen LogP contribution in [0.2, 0.25) is 0 Å². The van der Waals surface area contributed by atoms with Gasteiger partial charge in [0.05, 0.1) is 6.61 Å². The molecule has 14 heavy (non-hydrogen) atoms. The molecule has 0 unspecified atom stereocenters. The Morgan fingerprint density at radius 1 is 1.43 bits per heavy atom. The van der Waals surface area contributed by atoms with Gasteiger partial charge in [0.25, 0.3) is 0 Å². The smallest absolute Gasteiger partial charge is 0.388 e. The lowest BCUT2D eigenvalue weighted by Crippen LogP contribution is -2.58. The second kappa shape index (κ2) is 3.84. The van der Waals surface area contributed by atoms with Crippen molar-refractivity contribution in [3.8, 4) is 0 Å². The lowest BCUT2D eigenvalue weighted by molar-refractivity contribution is -0.291. The van der Waals surface area contributed by atoms with Crippen LogP contribution in [0.4, 0.5) is 0 Å². The Morgan fingerprint density at radius 3 is 2.50 bits per heavy atom. The van der Waals surface area contributed by atoms with Crippen molar-refractivity contribution < 1.29 is 38.9 Å². The third kappa shape index (κ3) is 2.72. The maximum atomic E-state index is 10.4. The van der Waals surface area contributed by atoms with Crippen LogP contribution in [0.15, 0.2) is 0 Å². The van der Waals surface area contributed by atoms with Crippen molar-refractivity contribution in [3.05, 3.63) is 0 Å². The number of phosphoric ester groups is 1. The van der Waals surface area contributed by atoms with Crippen molar-refractivity contribution in [2.24, 2.45) is 0 Å². The Morgan fingerprint density at radius 2 is 2.00 bits per heavy atom. The molecule has 1 fully saturated rings. The summed E-state index contributed by atoms with van der Waals surface area (Å²) in [5.41, 5.74) is 0. The van der Waals surface area contributed by atoms with Gasteiger partial charge in [-0.2, -0.15) is 0 Å². The highest BCUT2D eigenvalue weighted by Gasteiger charge is 2.49. The summed E-state index contributed by atoms with van der Waals surface area (Å²) < 4.78 is 18.9. The van der Waals surface area contributed by atoms with Crippen LogP contribution in [0.1, 0.15) is 0 Å². The summed E-state index contributed by atoms with van der Waals surface area (Å²) in [6.45, 7) is -0.871. The molecule has 9 heteroatoms. The number of hydrogen-bond donors (Lipinski definition) is 5. The zero-order valence-electron chi connectivity index (χ0n) is 6.98. The molecule has 1 rings (SSSR count). The molecule has 84 valence electrons. The fourth-order valence-corrected chi connectivity index (χ4v) is 1.66. The highest BCUT2D eigenvalue weighted by Crippen LogP contribution is 2.42. The molecule has 1 saturated heterocycles. The zero-order chi connectivity index (χ0) is 11.0. The van der Waals surface area contributed by atoms with E-state index in [0.29, 0.717) is 0 Å². The van der Waals surface area contributed by atoms with Gasteiger partial charge in [-0.1, -0.05) is 0 Å². The first kappa shape index (κ1) is 12.0. The van der Waals surface area contributed by atoms with E-state index >= 15 is 0 Å². The van der Waals surface area contributed by atoms with Crippen LogP contribution in [-0.4, -0.2) is 56.3 Å². The monoisotopic (exact) mass is 230 g/mol. The van der Waals surface area contributed by atoms with Crippen molar-refractivity contribution in [1.82, 2.24) is 0 Å². The minimum atomic E-state index is -4.96. The molecule has 3 atom stereocenters. The van der Waals surface area contributed by atoms with E-state index in [0.717, 1.165) is 0 Å². The number of hydrogen-bond acceptors (Lipinski definition) is 6. The second-order valence-electron chi connectivity index (χ2n) is 2.95. The number of aliphatic hydroxyl groups excluding tert-OH is 2. The predicted molar refractivity (Wildman–Crippen MR) is 40.9 cm³/mol. The van der Waals surface area contributed by atoms with Crippen LogP contribution in [0.5, 0.6) is 0 Å². The summed E-state index contributed by atoms with van der Waals surface area (Å²) >= 11 is 0. The summed E-state index contributed by atoms with van der Waals surface area (Å²) in [5.74, 6) is -2.59. The molecule has 0 saturated carbocycles. The molecule has 0 radical (unpaired) electrons. The fraction of sp³-hybridized carbons (Fsp3) is 1.00. The standard InChI is InChI=1S/C5H11O8P/c6-3-1-12-2-5(8,4(3)7)13-14(9,10)11/h3-4,6-8H,1-2H2,(H2,9,10,11)/t3-,4+,5-/m1/s1. The Hall–Kier alpha value is -0.0500. The van der Waals surface area contributed by atoms with Crippen molar-refractivity contribution in [1.29, 1.82) is 0 Å². The molecule has 0 aliphatic carbocycles. The molecule has 0 aromatic heterocycles. The lowest BCUT2D eigenvalue weighted by atomic mass is 10.0. The number of rotatable bonds is 2. The topological polar surface area (TPSA) is 137 Å². The number of aliphatic hydroxyl groups is 3.